The minimum Gasteiger partial charge on any atom is -0.465 e. The highest BCUT2D eigenvalue weighted by molar-refractivity contribution is 8.00. The molecule has 0 bridgehead atoms. The van der Waals surface area contributed by atoms with Gasteiger partial charge in [0.15, 0.2) is 0 Å². The SMILES string of the molecule is COC(=O)c1ccccc1NC(=O)c1ccc([C@H]2SCC(=O)N2Cc2ccc(Cl)cc2)cc1. The number of amides is 2. The van der Waals surface area contributed by atoms with E-state index in [1.807, 2.05) is 41.3 Å². The van der Waals surface area contributed by atoms with Gasteiger partial charge in [0.1, 0.15) is 5.37 Å². The molecule has 1 aliphatic heterocycles. The normalized spacial score (nSPS) is 15.4. The quantitative estimate of drug-likeness (QED) is 0.493. The molecule has 1 N–H and O–H groups in total. The molecule has 1 aliphatic rings. The van der Waals surface area contributed by atoms with Crippen molar-refractivity contribution < 1.29 is 19.1 Å². The standard InChI is InChI=1S/C25H21ClN2O4S/c1-32-25(31)20-4-2-3-5-21(20)27-23(30)17-8-10-18(11-9-17)24-28(22(29)15-33-24)14-16-6-12-19(26)13-7-16/h2-13,24H,14-15H2,1H3,(H,27,30)/t24-/m1/s1. The van der Waals surface area contributed by atoms with Crippen molar-refractivity contribution in [3.8, 4) is 0 Å². The maximum atomic E-state index is 12.8. The molecular formula is C25H21ClN2O4S. The van der Waals surface area contributed by atoms with E-state index >= 15 is 0 Å². The first-order chi connectivity index (χ1) is 16.0. The van der Waals surface area contributed by atoms with Crippen LogP contribution in [0.4, 0.5) is 5.69 Å². The number of anilines is 1. The summed E-state index contributed by atoms with van der Waals surface area (Å²) >= 11 is 7.52. The lowest BCUT2D eigenvalue weighted by Gasteiger charge is -2.24. The lowest BCUT2D eigenvalue weighted by atomic mass is 10.1. The van der Waals surface area contributed by atoms with Gasteiger partial charge in [0.05, 0.1) is 24.1 Å². The van der Waals surface area contributed by atoms with Gasteiger partial charge in [-0.15, -0.1) is 11.8 Å². The first kappa shape index (κ1) is 22.9. The second-order valence-corrected chi connectivity index (χ2v) is 8.93. The number of carbonyl (C=O) groups excluding carboxylic acids is 3. The van der Waals surface area contributed by atoms with Crippen LogP contribution in [0.1, 0.15) is 37.2 Å². The van der Waals surface area contributed by atoms with Crippen molar-refractivity contribution in [2.24, 2.45) is 0 Å². The summed E-state index contributed by atoms with van der Waals surface area (Å²) in [5.74, 6) is -0.387. The molecule has 168 valence electrons. The van der Waals surface area contributed by atoms with E-state index in [0.29, 0.717) is 28.6 Å². The Morgan fingerprint density at radius 1 is 1.06 bits per heavy atom. The fourth-order valence-corrected chi connectivity index (χ4v) is 4.88. The molecule has 33 heavy (non-hydrogen) atoms. The molecule has 0 radical (unpaired) electrons. The molecule has 6 nitrogen and oxygen atoms in total. The van der Waals surface area contributed by atoms with Crippen molar-refractivity contribution in [3.63, 3.8) is 0 Å². The average Bonchev–Trinajstić information content (AvgIpc) is 3.20. The number of thioether (sulfide) groups is 1. The van der Waals surface area contributed by atoms with Gasteiger partial charge < -0.3 is 15.0 Å². The molecule has 0 aromatic heterocycles. The summed E-state index contributed by atoms with van der Waals surface area (Å²) in [5.41, 5.74) is 3.04. The van der Waals surface area contributed by atoms with Gasteiger partial charge >= 0.3 is 5.97 Å². The summed E-state index contributed by atoms with van der Waals surface area (Å²) in [6, 6.07) is 21.3. The van der Waals surface area contributed by atoms with E-state index in [0.717, 1.165) is 11.1 Å². The Morgan fingerprint density at radius 2 is 1.76 bits per heavy atom. The Bertz CT molecular complexity index is 1180. The molecule has 0 unspecified atom stereocenters. The number of hydrogen-bond acceptors (Lipinski definition) is 5. The van der Waals surface area contributed by atoms with Gasteiger partial charge in [0.2, 0.25) is 5.91 Å². The molecule has 4 rings (SSSR count). The Kier molecular flexibility index (Phi) is 7.01. The number of esters is 1. The first-order valence-electron chi connectivity index (χ1n) is 10.2. The van der Waals surface area contributed by atoms with E-state index in [1.54, 1.807) is 48.2 Å². The van der Waals surface area contributed by atoms with Crippen molar-refractivity contribution in [1.29, 1.82) is 0 Å². The van der Waals surface area contributed by atoms with Gasteiger partial charge in [-0.25, -0.2) is 4.79 Å². The molecule has 1 fully saturated rings. The van der Waals surface area contributed by atoms with E-state index in [4.69, 9.17) is 16.3 Å². The monoisotopic (exact) mass is 480 g/mol. The molecule has 1 atom stereocenters. The van der Waals surface area contributed by atoms with Crippen molar-refractivity contribution in [3.05, 3.63) is 100 Å². The number of halogens is 1. The number of ether oxygens (including phenoxy) is 1. The Labute approximate surface area is 200 Å². The fourth-order valence-electron chi connectivity index (χ4n) is 3.56. The molecule has 1 saturated heterocycles. The summed E-state index contributed by atoms with van der Waals surface area (Å²) < 4.78 is 4.77. The molecule has 8 heteroatoms. The number of para-hydroxylation sites is 1. The number of nitrogens with one attached hydrogen (secondary N) is 1. The van der Waals surface area contributed by atoms with Crippen LogP contribution in [0.5, 0.6) is 0 Å². The van der Waals surface area contributed by atoms with Crippen LogP contribution in [0.25, 0.3) is 0 Å². The van der Waals surface area contributed by atoms with E-state index in [-0.39, 0.29) is 22.8 Å². The third kappa shape index (κ3) is 5.21. The number of nitrogens with zero attached hydrogens (tertiary/aromatic N) is 1. The number of rotatable bonds is 6. The van der Waals surface area contributed by atoms with Gasteiger partial charge in [0.25, 0.3) is 5.91 Å². The average molecular weight is 481 g/mol. The summed E-state index contributed by atoms with van der Waals surface area (Å²) in [6.07, 6.45) is 0. The largest absolute Gasteiger partial charge is 0.465 e. The summed E-state index contributed by atoms with van der Waals surface area (Å²) in [5, 5.41) is 3.28. The number of hydrogen-bond donors (Lipinski definition) is 1. The molecule has 1 heterocycles. The second kappa shape index (κ2) is 10.1. The number of benzene rings is 3. The summed E-state index contributed by atoms with van der Waals surface area (Å²) in [4.78, 5) is 39.0. The van der Waals surface area contributed by atoms with E-state index in [2.05, 4.69) is 5.32 Å². The molecular weight excluding hydrogens is 460 g/mol. The lowest BCUT2D eigenvalue weighted by molar-refractivity contribution is -0.128. The maximum absolute atomic E-state index is 12.8. The van der Waals surface area contributed by atoms with E-state index in [1.165, 1.54) is 7.11 Å². The van der Waals surface area contributed by atoms with Crippen LogP contribution in [0, 0.1) is 0 Å². The molecule has 0 saturated carbocycles. The Morgan fingerprint density at radius 3 is 2.45 bits per heavy atom. The molecule has 0 spiro atoms. The van der Waals surface area contributed by atoms with Crippen molar-refractivity contribution in [2.45, 2.75) is 11.9 Å². The first-order valence-corrected chi connectivity index (χ1v) is 11.6. The third-order valence-corrected chi connectivity index (χ3v) is 6.78. The Balaban J connectivity index is 1.48. The van der Waals surface area contributed by atoms with Crippen LogP contribution in [0.15, 0.2) is 72.8 Å². The zero-order valence-electron chi connectivity index (χ0n) is 17.8. The Hall–Kier alpha value is -3.29. The van der Waals surface area contributed by atoms with Crippen LogP contribution in [0.2, 0.25) is 5.02 Å². The highest BCUT2D eigenvalue weighted by Crippen LogP contribution is 2.39. The fraction of sp³-hybridized carbons (Fsp3) is 0.160. The smallest absolute Gasteiger partial charge is 0.339 e. The van der Waals surface area contributed by atoms with Crippen LogP contribution in [0.3, 0.4) is 0 Å². The zero-order valence-corrected chi connectivity index (χ0v) is 19.4. The van der Waals surface area contributed by atoms with Crippen LogP contribution in [-0.2, 0) is 16.1 Å². The topological polar surface area (TPSA) is 75.7 Å². The van der Waals surface area contributed by atoms with Crippen LogP contribution in [-0.4, -0.2) is 35.5 Å². The molecule has 3 aromatic rings. The summed E-state index contributed by atoms with van der Waals surface area (Å²) in [7, 11) is 1.29. The molecule has 3 aromatic carbocycles. The summed E-state index contributed by atoms with van der Waals surface area (Å²) in [6.45, 7) is 0.486. The molecule has 2 amide bonds. The minimum atomic E-state index is -0.523. The van der Waals surface area contributed by atoms with Gasteiger partial charge in [-0.1, -0.05) is 48.0 Å². The van der Waals surface area contributed by atoms with Crippen LogP contribution >= 0.6 is 23.4 Å². The highest BCUT2D eigenvalue weighted by Gasteiger charge is 2.32. The van der Waals surface area contributed by atoms with Gasteiger partial charge in [-0.3, -0.25) is 9.59 Å². The number of methoxy groups -OCH3 is 1. The predicted molar refractivity (Wildman–Crippen MR) is 129 cm³/mol. The second-order valence-electron chi connectivity index (χ2n) is 7.42. The highest BCUT2D eigenvalue weighted by atomic mass is 35.5. The minimum absolute atomic E-state index is 0.0705. The number of carbonyl (C=O) groups is 3. The van der Waals surface area contributed by atoms with Gasteiger partial charge in [-0.05, 0) is 47.5 Å². The third-order valence-electron chi connectivity index (χ3n) is 5.27. The van der Waals surface area contributed by atoms with Gasteiger partial charge in [-0.2, -0.15) is 0 Å². The predicted octanol–water partition coefficient (Wildman–Crippen LogP) is 5.15. The molecule has 0 aliphatic carbocycles. The maximum Gasteiger partial charge on any atom is 0.339 e. The van der Waals surface area contributed by atoms with Crippen molar-refractivity contribution >= 4 is 46.8 Å². The van der Waals surface area contributed by atoms with E-state index in [9.17, 15) is 14.4 Å². The lowest BCUT2D eigenvalue weighted by Crippen LogP contribution is -2.27. The van der Waals surface area contributed by atoms with Crippen molar-refractivity contribution in [2.75, 3.05) is 18.2 Å². The van der Waals surface area contributed by atoms with E-state index < -0.39 is 5.97 Å². The van der Waals surface area contributed by atoms with Crippen molar-refractivity contribution in [1.82, 2.24) is 4.90 Å². The van der Waals surface area contributed by atoms with Gasteiger partial charge in [0, 0.05) is 17.1 Å². The zero-order chi connectivity index (χ0) is 23.4. The van der Waals surface area contributed by atoms with Crippen LogP contribution < -0.4 is 5.32 Å².